The monoisotopic (exact) mass is 535 g/mol. The number of nitrogens with one attached hydrogen (secondary N) is 1. The van der Waals surface area contributed by atoms with Gasteiger partial charge in [0.05, 0.1) is 29.7 Å². The summed E-state index contributed by atoms with van der Waals surface area (Å²) in [6, 6.07) is 27.8. The molecule has 1 aliphatic rings. The highest BCUT2D eigenvalue weighted by Crippen LogP contribution is 2.39. The van der Waals surface area contributed by atoms with Crippen LogP contribution in [0.15, 0.2) is 91.1 Å². The van der Waals surface area contributed by atoms with Gasteiger partial charge in [-0.05, 0) is 67.8 Å². The molecule has 1 unspecified atom stereocenters. The number of urea groups is 1. The number of carbonyl (C=O) groups excluding carboxylic acids is 1. The van der Waals surface area contributed by atoms with Crippen LogP contribution in [0.2, 0.25) is 5.02 Å². The maximum atomic E-state index is 14.2. The fraction of sp³-hybridized carbons (Fsp3) is 0.188. The van der Waals surface area contributed by atoms with Crippen molar-refractivity contribution in [1.29, 1.82) is 0 Å². The number of hydrogen-bond acceptors (Lipinski definition) is 2. The van der Waals surface area contributed by atoms with E-state index < -0.39 is 0 Å². The van der Waals surface area contributed by atoms with Gasteiger partial charge in [-0.2, -0.15) is 5.10 Å². The van der Waals surface area contributed by atoms with Crippen LogP contribution >= 0.6 is 11.6 Å². The van der Waals surface area contributed by atoms with Crippen LogP contribution < -0.4 is 5.32 Å². The van der Waals surface area contributed by atoms with Crippen LogP contribution in [0.25, 0.3) is 11.5 Å². The Balaban J connectivity index is 1.56. The highest BCUT2D eigenvalue weighted by Gasteiger charge is 2.36. The molecule has 0 spiro atoms. The van der Waals surface area contributed by atoms with Crippen LogP contribution in [0.5, 0.6) is 0 Å². The van der Waals surface area contributed by atoms with E-state index in [1.165, 1.54) is 0 Å². The maximum Gasteiger partial charge on any atom is 0.322 e. The van der Waals surface area contributed by atoms with Crippen molar-refractivity contribution in [2.24, 2.45) is 0 Å². The Bertz CT molecular complexity index is 1670. The lowest BCUT2D eigenvalue weighted by atomic mass is 10.00. The summed E-state index contributed by atoms with van der Waals surface area (Å²) in [7, 11) is 0. The molecule has 196 valence electrons. The molecule has 1 atom stereocenters. The molecule has 2 aromatic heterocycles. The van der Waals surface area contributed by atoms with Gasteiger partial charge in [0.1, 0.15) is 5.82 Å². The number of aryl methyl sites for hydroxylation is 2. The first kappa shape index (κ1) is 25.0. The lowest BCUT2D eigenvalue weighted by Crippen LogP contribution is -2.38. The number of carbonyl (C=O) groups is 1. The Morgan fingerprint density at radius 2 is 1.79 bits per heavy atom. The Morgan fingerprint density at radius 3 is 2.56 bits per heavy atom. The van der Waals surface area contributed by atoms with E-state index in [2.05, 4.69) is 72.4 Å². The molecule has 1 N–H and O–H groups in total. The predicted molar refractivity (Wildman–Crippen MR) is 156 cm³/mol. The lowest BCUT2D eigenvalue weighted by molar-refractivity contribution is 0.194. The molecule has 6 nitrogen and oxygen atoms in total. The van der Waals surface area contributed by atoms with E-state index in [-0.39, 0.29) is 12.1 Å². The summed E-state index contributed by atoms with van der Waals surface area (Å²) in [5, 5.41) is 8.81. The normalized spacial score (nSPS) is 14.5. The van der Waals surface area contributed by atoms with Crippen LogP contribution in [0, 0.1) is 13.8 Å². The van der Waals surface area contributed by atoms with Gasteiger partial charge in [0, 0.05) is 22.5 Å². The second-order valence-corrected chi connectivity index (χ2v) is 10.3. The summed E-state index contributed by atoms with van der Waals surface area (Å²) < 4.78 is 4.20. The number of rotatable bonds is 4. The molecule has 3 aromatic carbocycles. The molecule has 0 radical (unpaired) electrons. The van der Waals surface area contributed by atoms with Gasteiger partial charge in [-0.3, -0.25) is 0 Å². The third-order valence-corrected chi connectivity index (χ3v) is 7.84. The summed E-state index contributed by atoms with van der Waals surface area (Å²) in [6.07, 6.45) is 2.82. The van der Waals surface area contributed by atoms with E-state index >= 15 is 0 Å². The highest BCUT2D eigenvalue weighted by atomic mass is 35.5. The molecule has 5 aromatic rings. The van der Waals surface area contributed by atoms with Gasteiger partial charge in [0.15, 0.2) is 0 Å². The van der Waals surface area contributed by atoms with Gasteiger partial charge < -0.3 is 14.8 Å². The number of hydrogen-bond donors (Lipinski definition) is 1. The SMILES string of the molecule is CCc1nn(-c2ccccc2)c2c1CN(C(=O)Nc1cccc(Cl)c1C)C(c1cccc(C)c1)c1cccn1-2. The van der Waals surface area contributed by atoms with Crippen molar-refractivity contribution in [2.45, 2.75) is 39.8 Å². The van der Waals surface area contributed by atoms with Crippen molar-refractivity contribution in [2.75, 3.05) is 5.32 Å². The third-order valence-electron chi connectivity index (χ3n) is 7.43. The van der Waals surface area contributed by atoms with Gasteiger partial charge in [0.2, 0.25) is 0 Å². The van der Waals surface area contributed by atoms with Crippen LogP contribution in [-0.4, -0.2) is 25.3 Å². The molecule has 3 heterocycles. The van der Waals surface area contributed by atoms with E-state index in [1.807, 2.05) is 59.0 Å². The summed E-state index contributed by atoms with van der Waals surface area (Å²) in [5.41, 5.74) is 7.71. The van der Waals surface area contributed by atoms with Crippen molar-refractivity contribution in [1.82, 2.24) is 19.2 Å². The Labute approximate surface area is 233 Å². The first-order valence-electron chi connectivity index (χ1n) is 13.2. The minimum Gasteiger partial charge on any atom is -0.307 e. The smallest absolute Gasteiger partial charge is 0.307 e. The molecule has 0 fully saturated rings. The quantitative estimate of drug-likeness (QED) is 0.257. The Morgan fingerprint density at radius 1 is 1.00 bits per heavy atom. The predicted octanol–water partition coefficient (Wildman–Crippen LogP) is 7.63. The Hall–Kier alpha value is -4.29. The molecule has 0 bridgehead atoms. The number of fused-ring (bicyclic) bond motifs is 3. The number of benzene rings is 3. The zero-order valence-corrected chi connectivity index (χ0v) is 23.0. The lowest BCUT2D eigenvalue weighted by Gasteiger charge is -2.31. The number of nitrogens with zero attached hydrogens (tertiary/aromatic N) is 4. The average Bonchev–Trinajstić information content (AvgIpc) is 3.52. The summed E-state index contributed by atoms with van der Waals surface area (Å²) >= 11 is 6.39. The van der Waals surface area contributed by atoms with Crippen molar-refractivity contribution >= 4 is 23.3 Å². The van der Waals surface area contributed by atoms with Crippen LogP contribution in [-0.2, 0) is 13.0 Å². The van der Waals surface area contributed by atoms with E-state index in [0.717, 1.165) is 51.6 Å². The molecule has 2 amide bonds. The number of anilines is 1. The second kappa shape index (κ2) is 10.1. The zero-order valence-electron chi connectivity index (χ0n) is 22.2. The molecule has 0 saturated heterocycles. The summed E-state index contributed by atoms with van der Waals surface area (Å²) in [6.45, 7) is 6.51. The van der Waals surface area contributed by atoms with E-state index in [1.54, 1.807) is 0 Å². The molecular formula is C32H30ClN5O. The number of halogens is 1. The van der Waals surface area contributed by atoms with Gasteiger partial charge >= 0.3 is 6.03 Å². The van der Waals surface area contributed by atoms with Crippen molar-refractivity contribution < 1.29 is 4.79 Å². The minimum absolute atomic E-state index is 0.193. The van der Waals surface area contributed by atoms with Gasteiger partial charge in [-0.25, -0.2) is 9.48 Å². The zero-order chi connectivity index (χ0) is 27.1. The van der Waals surface area contributed by atoms with Crippen molar-refractivity contribution in [3.8, 4) is 11.5 Å². The van der Waals surface area contributed by atoms with Gasteiger partial charge in [-0.1, -0.05) is 72.6 Å². The van der Waals surface area contributed by atoms with Gasteiger partial charge in [-0.15, -0.1) is 0 Å². The van der Waals surface area contributed by atoms with Crippen molar-refractivity contribution in [3.63, 3.8) is 0 Å². The van der Waals surface area contributed by atoms with E-state index in [4.69, 9.17) is 16.7 Å². The van der Waals surface area contributed by atoms with E-state index in [0.29, 0.717) is 17.3 Å². The number of para-hydroxylation sites is 1. The molecule has 39 heavy (non-hydrogen) atoms. The third kappa shape index (κ3) is 4.41. The first-order valence-corrected chi connectivity index (χ1v) is 13.6. The van der Waals surface area contributed by atoms with E-state index in [9.17, 15) is 4.79 Å². The van der Waals surface area contributed by atoms with Gasteiger partial charge in [0.25, 0.3) is 0 Å². The molecule has 7 heteroatoms. The largest absolute Gasteiger partial charge is 0.322 e. The number of amides is 2. The second-order valence-electron chi connectivity index (χ2n) is 9.94. The van der Waals surface area contributed by atoms with Crippen LogP contribution in [0.4, 0.5) is 10.5 Å². The molecular weight excluding hydrogens is 506 g/mol. The first-order chi connectivity index (χ1) is 19.0. The van der Waals surface area contributed by atoms with Crippen LogP contribution in [0.3, 0.4) is 0 Å². The highest BCUT2D eigenvalue weighted by molar-refractivity contribution is 6.31. The summed E-state index contributed by atoms with van der Waals surface area (Å²) in [4.78, 5) is 16.1. The fourth-order valence-electron chi connectivity index (χ4n) is 5.47. The summed E-state index contributed by atoms with van der Waals surface area (Å²) in [5.74, 6) is 0.963. The molecule has 0 aliphatic carbocycles. The maximum absolute atomic E-state index is 14.2. The fourth-order valence-corrected chi connectivity index (χ4v) is 5.64. The topological polar surface area (TPSA) is 55.1 Å². The molecule has 1 aliphatic heterocycles. The van der Waals surface area contributed by atoms with Crippen LogP contribution in [0.1, 0.15) is 46.6 Å². The molecule has 6 rings (SSSR count). The standard InChI is InChI=1S/C32H30ClN5O/c1-4-27-25-20-37(32(39)34-28-16-9-15-26(33)22(28)3)30(23-12-8-11-21(2)19-23)29-17-10-18-36(29)31(25)38(35-27)24-13-6-5-7-14-24/h5-19,30H,4,20H2,1-3H3,(H,34,39). The van der Waals surface area contributed by atoms with Crippen molar-refractivity contribution in [3.05, 3.63) is 130 Å². The Kier molecular flexibility index (Phi) is 6.49. The molecule has 0 saturated carbocycles. The minimum atomic E-state index is -0.319. The average molecular weight is 536 g/mol. The number of aromatic nitrogens is 3.